The third kappa shape index (κ3) is 5.92. The van der Waals surface area contributed by atoms with E-state index < -0.39 is 28.4 Å². The SMILES string of the molecule is C#[N+]C12CN(Cc3cc4cc(-c5[nH]c(=O)c(C(=O)O)c(O)c5CC)ccc4n3C)CC1(C=C)CCCC2N(Cc1ccccc1)Cc1ccccc1. The lowest BCUT2D eigenvalue weighted by molar-refractivity contribution is 0.0455. The number of nitrogens with zero attached hydrogens (tertiary/aromatic N) is 4. The maximum atomic E-state index is 12.7. The number of aromatic nitrogens is 2. The predicted octanol–water partition coefficient (Wildman–Crippen LogP) is 7.44. The maximum Gasteiger partial charge on any atom is 0.345 e. The molecule has 266 valence electrons. The van der Waals surface area contributed by atoms with Crippen molar-refractivity contribution in [3.8, 4) is 23.6 Å². The molecule has 0 spiro atoms. The topological polar surface area (TPSA) is 106 Å². The fraction of sp³-hybridized carbons (Fsp3) is 0.326. The molecule has 3 N–H and O–H groups in total. The highest BCUT2D eigenvalue weighted by molar-refractivity contribution is 5.92. The van der Waals surface area contributed by atoms with Crippen LogP contribution in [-0.2, 0) is 33.1 Å². The molecule has 3 heterocycles. The first kappa shape index (κ1) is 35.0. The van der Waals surface area contributed by atoms with Crippen LogP contribution in [0.2, 0.25) is 0 Å². The van der Waals surface area contributed by atoms with E-state index in [0.29, 0.717) is 36.3 Å². The van der Waals surface area contributed by atoms with Crippen molar-refractivity contribution in [3.63, 3.8) is 0 Å². The Balaban J connectivity index is 1.22. The number of H-pyrrole nitrogens is 1. The van der Waals surface area contributed by atoms with Crippen LogP contribution in [0.4, 0.5) is 0 Å². The molecule has 2 fully saturated rings. The summed E-state index contributed by atoms with van der Waals surface area (Å²) >= 11 is 0. The number of hydrogen-bond acceptors (Lipinski definition) is 5. The summed E-state index contributed by atoms with van der Waals surface area (Å²) in [6.45, 7) is 16.6. The summed E-state index contributed by atoms with van der Waals surface area (Å²) in [6.07, 6.45) is 5.50. The molecule has 9 heteroatoms. The second-order valence-electron chi connectivity index (χ2n) is 14.5. The first-order valence-electron chi connectivity index (χ1n) is 18.0. The van der Waals surface area contributed by atoms with Gasteiger partial charge in [-0.05, 0) is 54.2 Å². The Labute approximate surface area is 304 Å². The summed E-state index contributed by atoms with van der Waals surface area (Å²) in [5.41, 5.74) is 3.85. The number of carbonyl (C=O) groups is 1. The van der Waals surface area contributed by atoms with Crippen LogP contribution < -0.4 is 5.56 Å². The normalized spacial score (nSPS) is 21.6. The van der Waals surface area contributed by atoms with Crippen LogP contribution in [0.5, 0.6) is 5.75 Å². The second kappa shape index (κ2) is 13.9. The van der Waals surface area contributed by atoms with Gasteiger partial charge in [-0.15, -0.1) is 6.58 Å². The number of aromatic amines is 1. The Kier molecular flexibility index (Phi) is 9.38. The first-order valence-corrected chi connectivity index (χ1v) is 18.0. The van der Waals surface area contributed by atoms with E-state index in [1.807, 2.05) is 25.1 Å². The highest BCUT2D eigenvalue weighted by atomic mass is 16.4. The summed E-state index contributed by atoms with van der Waals surface area (Å²) in [5.74, 6) is -1.95. The molecule has 9 nitrogen and oxygen atoms in total. The lowest BCUT2D eigenvalue weighted by Gasteiger charge is -2.45. The van der Waals surface area contributed by atoms with E-state index >= 15 is 0 Å². The fourth-order valence-electron chi connectivity index (χ4n) is 9.14. The summed E-state index contributed by atoms with van der Waals surface area (Å²) < 4.78 is 2.19. The molecule has 0 amide bonds. The van der Waals surface area contributed by atoms with E-state index in [9.17, 15) is 19.8 Å². The molecule has 3 atom stereocenters. The van der Waals surface area contributed by atoms with Crippen molar-refractivity contribution in [1.29, 1.82) is 0 Å². The monoisotopic (exact) mass is 696 g/mol. The predicted molar refractivity (Wildman–Crippen MR) is 206 cm³/mol. The van der Waals surface area contributed by atoms with Gasteiger partial charge in [-0.1, -0.05) is 91.0 Å². The van der Waals surface area contributed by atoms with Gasteiger partial charge >= 0.3 is 11.5 Å². The molecule has 0 bridgehead atoms. The van der Waals surface area contributed by atoms with Crippen molar-refractivity contribution in [2.75, 3.05) is 13.1 Å². The molecule has 5 aromatic rings. The third-order valence-electron chi connectivity index (χ3n) is 11.7. The van der Waals surface area contributed by atoms with E-state index in [1.165, 1.54) is 11.1 Å². The number of aryl methyl sites for hydroxylation is 1. The highest BCUT2D eigenvalue weighted by Gasteiger charge is 2.71. The van der Waals surface area contributed by atoms with Gasteiger partial charge in [0.05, 0.1) is 23.7 Å². The molecule has 3 aromatic carbocycles. The van der Waals surface area contributed by atoms with E-state index in [0.717, 1.165) is 55.5 Å². The van der Waals surface area contributed by atoms with E-state index in [-0.39, 0.29) is 11.5 Å². The van der Waals surface area contributed by atoms with Crippen molar-refractivity contribution < 1.29 is 15.0 Å². The molecule has 52 heavy (non-hydrogen) atoms. The summed E-state index contributed by atoms with van der Waals surface area (Å²) in [5, 5.41) is 21.2. The van der Waals surface area contributed by atoms with Gasteiger partial charge in [-0.2, -0.15) is 0 Å². The number of aromatic carboxylic acids is 1. The average molecular weight is 697 g/mol. The van der Waals surface area contributed by atoms with Crippen LogP contribution >= 0.6 is 0 Å². The molecule has 1 saturated heterocycles. The molecule has 1 aliphatic carbocycles. The molecule has 7 rings (SSSR count). The second-order valence-corrected chi connectivity index (χ2v) is 14.5. The molecular formula is C43H46N5O4+. The van der Waals surface area contributed by atoms with Crippen molar-refractivity contribution in [1.82, 2.24) is 19.4 Å². The number of rotatable bonds is 11. The van der Waals surface area contributed by atoms with E-state index in [4.69, 9.17) is 11.4 Å². The van der Waals surface area contributed by atoms with Gasteiger partial charge in [-0.3, -0.25) is 14.6 Å². The molecule has 2 aromatic heterocycles. The van der Waals surface area contributed by atoms with Crippen molar-refractivity contribution in [3.05, 3.63) is 141 Å². The number of aromatic hydroxyl groups is 1. The van der Waals surface area contributed by atoms with Crippen molar-refractivity contribution >= 4 is 16.9 Å². The number of nitrogens with one attached hydrogen (secondary N) is 1. The maximum absolute atomic E-state index is 12.7. The number of fused-ring (bicyclic) bond motifs is 2. The van der Waals surface area contributed by atoms with Gasteiger partial charge < -0.3 is 19.8 Å². The Morgan fingerprint density at radius 2 is 1.73 bits per heavy atom. The minimum atomic E-state index is -1.46. The molecule has 1 aliphatic heterocycles. The van der Waals surface area contributed by atoms with Crippen LogP contribution in [-0.4, -0.2) is 60.2 Å². The number of benzene rings is 3. The van der Waals surface area contributed by atoms with E-state index in [1.54, 1.807) is 0 Å². The van der Waals surface area contributed by atoms with Gasteiger partial charge in [0.25, 0.3) is 12.1 Å². The van der Waals surface area contributed by atoms with Gasteiger partial charge in [0, 0.05) is 55.4 Å². The Morgan fingerprint density at radius 1 is 1.06 bits per heavy atom. The van der Waals surface area contributed by atoms with Crippen LogP contribution in [0.25, 0.3) is 27.0 Å². The van der Waals surface area contributed by atoms with Gasteiger partial charge in [0.1, 0.15) is 5.75 Å². The zero-order chi connectivity index (χ0) is 36.6. The smallest absolute Gasteiger partial charge is 0.345 e. The summed E-state index contributed by atoms with van der Waals surface area (Å²) in [7, 11) is 2.06. The number of carboxylic acid groups (broad SMARTS) is 1. The zero-order valence-corrected chi connectivity index (χ0v) is 29.9. The molecular weight excluding hydrogens is 651 g/mol. The van der Waals surface area contributed by atoms with Gasteiger partial charge in [0.15, 0.2) is 5.56 Å². The zero-order valence-electron chi connectivity index (χ0n) is 29.9. The van der Waals surface area contributed by atoms with Gasteiger partial charge in [0.2, 0.25) is 0 Å². The summed E-state index contributed by atoms with van der Waals surface area (Å²) in [4.78, 5) is 37.0. The van der Waals surface area contributed by atoms with Gasteiger partial charge in [-0.25, -0.2) is 4.79 Å². The van der Waals surface area contributed by atoms with Crippen molar-refractivity contribution in [2.24, 2.45) is 12.5 Å². The van der Waals surface area contributed by atoms with Crippen LogP contribution in [0, 0.1) is 12.0 Å². The number of pyridine rings is 1. The summed E-state index contributed by atoms with van der Waals surface area (Å²) in [6, 6.07) is 29.4. The molecule has 3 unspecified atom stereocenters. The molecule has 0 radical (unpaired) electrons. The lowest BCUT2D eigenvalue weighted by Crippen LogP contribution is -2.61. The number of hydrogen-bond donors (Lipinski definition) is 3. The fourth-order valence-corrected chi connectivity index (χ4v) is 9.14. The Morgan fingerprint density at radius 3 is 2.33 bits per heavy atom. The van der Waals surface area contributed by atoms with Crippen LogP contribution in [0.15, 0.2) is 102 Å². The minimum Gasteiger partial charge on any atom is -0.506 e. The quantitative estimate of drug-likeness (QED) is 0.124. The number of likely N-dealkylation sites (tertiary alicyclic amines) is 1. The standard InChI is InChI=1S/C43H45N5O4/c1-5-34-38(45-40(50)37(39(34)49)41(51)52)31-19-20-35-32(22-31)23-33(46(35)4)26-47-27-42(6-2)21-13-18-36(43(42,28-47)44-3)48(24-29-14-9-7-10-15-29)25-30-16-11-8-12-17-30/h3,6-12,14-17,19-20,22-23,36H,2,5,13,18,21,24-28H2,1,4H3,(H2-,45,49,50,51,52)/p+1. The van der Waals surface area contributed by atoms with E-state index in [2.05, 4.69) is 106 Å². The largest absolute Gasteiger partial charge is 0.506 e. The minimum absolute atomic E-state index is 0.101. The molecule has 1 saturated carbocycles. The Hall–Kier alpha value is -5.43. The highest BCUT2D eigenvalue weighted by Crippen LogP contribution is 2.55. The van der Waals surface area contributed by atoms with Crippen molar-refractivity contribution in [2.45, 2.75) is 63.8 Å². The third-order valence-corrected chi connectivity index (χ3v) is 11.7. The average Bonchev–Trinajstić information content (AvgIpc) is 3.65. The van der Waals surface area contributed by atoms with Crippen LogP contribution in [0.1, 0.15) is 58.9 Å². The Bertz CT molecular complexity index is 2200. The first-order chi connectivity index (χ1) is 25.1. The molecule has 2 aliphatic rings. The lowest BCUT2D eigenvalue weighted by atomic mass is 9.60. The number of carboxylic acids is 1. The van der Waals surface area contributed by atoms with Crippen LogP contribution in [0.3, 0.4) is 0 Å².